The first-order valence-electron chi connectivity index (χ1n) is 11.6. The highest BCUT2D eigenvalue weighted by Gasteiger charge is 2.38. The van der Waals surface area contributed by atoms with Gasteiger partial charge in [-0.1, -0.05) is 55.9 Å². The van der Waals surface area contributed by atoms with E-state index in [1.165, 1.54) is 7.11 Å². The molecule has 0 unspecified atom stereocenters. The van der Waals surface area contributed by atoms with E-state index in [2.05, 4.69) is 22.5 Å². The average Bonchev–Trinajstić information content (AvgIpc) is 2.87. The summed E-state index contributed by atoms with van der Waals surface area (Å²) in [5.74, 6) is 0.639. The van der Waals surface area contributed by atoms with Gasteiger partial charge in [0.25, 0.3) is 0 Å². The highest BCUT2D eigenvalue weighted by atomic mass is 32.2. The fraction of sp³-hybridized carbons (Fsp3) is 0.346. The van der Waals surface area contributed by atoms with Gasteiger partial charge in [-0.25, -0.2) is 14.6 Å². The van der Waals surface area contributed by atoms with Gasteiger partial charge >= 0.3 is 12.0 Å². The number of anilines is 2. The Kier molecular flexibility index (Phi) is 7.57. The lowest BCUT2D eigenvalue weighted by atomic mass is 9.93. The quantitative estimate of drug-likeness (QED) is 0.530. The van der Waals surface area contributed by atoms with E-state index in [4.69, 9.17) is 9.73 Å². The lowest BCUT2D eigenvalue weighted by Gasteiger charge is -2.40. The van der Waals surface area contributed by atoms with Crippen LogP contribution < -0.4 is 10.6 Å². The third kappa shape index (κ3) is 4.97. The molecule has 2 heterocycles. The van der Waals surface area contributed by atoms with Crippen molar-refractivity contribution in [3.05, 3.63) is 70.9 Å². The van der Waals surface area contributed by atoms with Gasteiger partial charge in [0.2, 0.25) is 0 Å². The molecule has 1 fully saturated rings. The number of hydrogen-bond acceptors (Lipinski definition) is 6. The zero-order valence-electron chi connectivity index (χ0n) is 19.8. The Labute approximate surface area is 204 Å². The molecule has 4 rings (SSSR count). The van der Waals surface area contributed by atoms with Gasteiger partial charge in [0.05, 0.1) is 24.4 Å². The average molecular weight is 479 g/mol. The van der Waals surface area contributed by atoms with Crippen LogP contribution in [0.5, 0.6) is 0 Å². The number of esters is 1. The predicted molar refractivity (Wildman–Crippen MR) is 138 cm³/mol. The van der Waals surface area contributed by atoms with Crippen LogP contribution in [0.2, 0.25) is 0 Å². The van der Waals surface area contributed by atoms with Crippen molar-refractivity contribution < 1.29 is 14.3 Å². The summed E-state index contributed by atoms with van der Waals surface area (Å²) in [4.78, 5) is 32.6. The molecule has 2 amide bonds. The van der Waals surface area contributed by atoms with Crippen LogP contribution in [0, 0.1) is 0 Å². The molecule has 178 valence electrons. The molecule has 2 N–H and O–H groups in total. The van der Waals surface area contributed by atoms with Crippen molar-refractivity contribution in [3.63, 3.8) is 0 Å². The van der Waals surface area contributed by atoms with Crippen LogP contribution in [0.1, 0.15) is 43.9 Å². The minimum atomic E-state index is -0.368. The molecule has 2 aromatic rings. The molecule has 2 aliphatic rings. The number of allylic oxidation sites excluding steroid dienone is 1. The molecule has 1 atom stereocenters. The zero-order chi connectivity index (χ0) is 24.1. The normalized spacial score (nSPS) is 17.6. The summed E-state index contributed by atoms with van der Waals surface area (Å²) in [5, 5.41) is 6.82. The minimum absolute atomic E-state index is 0.310. The summed E-state index contributed by atoms with van der Waals surface area (Å²) >= 11 is 1.72. The largest absolute Gasteiger partial charge is 0.466 e. The molecular formula is C26H30N4O3S. The molecule has 1 saturated heterocycles. The molecule has 0 aromatic heterocycles. The number of carbonyl (C=O) groups excluding carboxylic acids is 2. The Hall–Kier alpha value is -3.26. The van der Waals surface area contributed by atoms with E-state index in [0.717, 1.165) is 52.8 Å². The van der Waals surface area contributed by atoms with Crippen LogP contribution in [0.3, 0.4) is 0 Å². The Morgan fingerprint density at radius 2 is 1.94 bits per heavy atom. The van der Waals surface area contributed by atoms with Crippen molar-refractivity contribution in [2.75, 3.05) is 30.0 Å². The van der Waals surface area contributed by atoms with Gasteiger partial charge in [0.15, 0.2) is 5.17 Å². The van der Waals surface area contributed by atoms with Gasteiger partial charge in [-0.3, -0.25) is 0 Å². The van der Waals surface area contributed by atoms with Crippen LogP contribution in [0.4, 0.5) is 16.2 Å². The van der Waals surface area contributed by atoms with Crippen molar-refractivity contribution in [1.82, 2.24) is 4.90 Å². The number of methoxy groups -OCH3 is 1. The van der Waals surface area contributed by atoms with Crippen LogP contribution in [0.15, 0.2) is 64.8 Å². The second-order valence-corrected chi connectivity index (χ2v) is 9.18. The van der Waals surface area contributed by atoms with Crippen molar-refractivity contribution >= 4 is 40.3 Å². The number of para-hydroxylation sites is 1. The number of aryl methyl sites for hydroxylation is 1. The van der Waals surface area contributed by atoms with Crippen molar-refractivity contribution in [3.8, 4) is 0 Å². The van der Waals surface area contributed by atoms with E-state index in [1.54, 1.807) is 11.8 Å². The molecule has 0 radical (unpaired) electrons. The lowest BCUT2D eigenvalue weighted by molar-refractivity contribution is -0.136. The highest BCUT2D eigenvalue weighted by Crippen LogP contribution is 2.41. The standard InChI is InChI=1S/C26H30N4O3S/c1-4-17-10-6-7-13-21(17)28-25(32)27-19-12-8-11-18(16-19)23-22(24(31)33-3)20(5-2)29-26-30(23)14-9-15-34-26/h6-8,10-13,16,23H,4-5,9,14-15H2,1-3H3,(H2,27,28,32)/t23-/m0/s1. The van der Waals surface area contributed by atoms with E-state index >= 15 is 0 Å². The Balaban J connectivity index is 1.63. The number of nitrogens with one attached hydrogen (secondary N) is 2. The van der Waals surface area contributed by atoms with Crippen LogP contribution >= 0.6 is 11.8 Å². The summed E-state index contributed by atoms with van der Waals surface area (Å²) in [7, 11) is 1.40. The number of amides is 2. The number of fused-ring (bicyclic) bond motifs is 1. The predicted octanol–water partition coefficient (Wildman–Crippen LogP) is 5.58. The molecule has 7 nitrogen and oxygen atoms in total. The monoisotopic (exact) mass is 478 g/mol. The van der Waals surface area contributed by atoms with Gasteiger partial charge in [0, 0.05) is 23.7 Å². The second kappa shape index (κ2) is 10.8. The van der Waals surface area contributed by atoms with Crippen molar-refractivity contribution in [2.45, 2.75) is 39.2 Å². The topological polar surface area (TPSA) is 83.0 Å². The van der Waals surface area contributed by atoms with E-state index < -0.39 is 0 Å². The first-order valence-corrected chi connectivity index (χ1v) is 12.6. The number of amidine groups is 1. The Bertz CT molecular complexity index is 1140. The number of nitrogens with zero attached hydrogens (tertiary/aromatic N) is 2. The summed E-state index contributed by atoms with van der Waals surface area (Å²) in [6.45, 7) is 4.86. The number of ether oxygens (including phenoxy) is 1. The first kappa shape index (κ1) is 23.9. The van der Waals surface area contributed by atoms with Crippen LogP contribution in [-0.2, 0) is 16.0 Å². The molecule has 8 heteroatoms. The number of urea groups is 1. The first-order chi connectivity index (χ1) is 16.5. The molecule has 2 aromatic carbocycles. The maximum atomic E-state index is 12.9. The molecule has 0 bridgehead atoms. The Morgan fingerprint density at radius 1 is 1.12 bits per heavy atom. The molecule has 0 saturated carbocycles. The fourth-order valence-corrected chi connectivity index (χ4v) is 5.37. The SMILES string of the molecule is CCC1=C(C(=O)OC)[C@H](c2cccc(NC(=O)Nc3ccccc3CC)c2)N2CCCSC2=N1. The fourth-order valence-electron chi connectivity index (χ4n) is 4.38. The van der Waals surface area contributed by atoms with Gasteiger partial charge in [-0.2, -0.15) is 0 Å². The van der Waals surface area contributed by atoms with Crippen LogP contribution in [0.25, 0.3) is 0 Å². The second-order valence-electron chi connectivity index (χ2n) is 8.11. The number of aliphatic imine (C=N–C) groups is 1. The third-order valence-corrected chi connectivity index (χ3v) is 7.07. The number of hydrogen-bond donors (Lipinski definition) is 2. The lowest BCUT2D eigenvalue weighted by Crippen LogP contribution is -2.42. The molecule has 0 spiro atoms. The summed E-state index contributed by atoms with van der Waals surface area (Å²) in [5.41, 5.74) is 4.75. The number of rotatable bonds is 6. The van der Waals surface area contributed by atoms with Gasteiger partial charge in [-0.05, 0) is 48.6 Å². The van der Waals surface area contributed by atoms with E-state index in [-0.39, 0.29) is 18.0 Å². The number of thioether (sulfide) groups is 1. The molecular weight excluding hydrogens is 448 g/mol. The maximum absolute atomic E-state index is 12.9. The highest BCUT2D eigenvalue weighted by molar-refractivity contribution is 8.13. The van der Waals surface area contributed by atoms with Gasteiger partial charge < -0.3 is 20.3 Å². The summed E-state index contributed by atoms with van der Waals surface area (Å²) < 4.78 is 5.16. The van der Waals surface area contributed by atoms with E-state index in [9.17, 15) is 9.59 Å². The number of carbonyl (C=O) groups is 2. The third-order valence-electron chi connectivity index (χ3n) is 5.99. The van der Waals surface area contributed by atoms with E-state index in [1.807, 2.05) is 55.5 Å². The molecule has 34 heavy (non-hydrogen) atoms. The Morgan fingerprint density at radius 3 is 2.71 bits per heavy atom. The van der Waals surface area contributed by atoms with Gasteiger partial charge in [-0.15, -0.1) is 0 Å². The smallest absolute Gasteiger partial charge is 0.338 e. The molecule has 0 aliphatic carbocycles. The minimum Gasteiger partial charge on any atom is -0.466 e. The summed E-state index contributed by atoms with van der Waals surface area (Å²) in [6, 6.07) is 14.8. The maximum Gasteiger partial charge on any atom is 0.338 e. The molecule has 2 aliphatic heterocycles. The van der Waals surface area contributed by atoms with Gasteiger partial charge in [0.1, 0.15) is 0 Å². The zero-order valence-corrected chi connectivity index (χ0v) is 20.6. The van der Waals surface area contributed by atoms with E-state index in [0.29, 0.717) is 17.7 Å². The van der Waals surface area contributed by atoms with Crippen LogP contribution in [-0.4, -0.2) is 41.5 Å². The number of benzene rings is 2. The van der Waals surface area contributed by atoms with Crippen molar-refractivity contribution in [2.24, 2.45) is 4.99 Å². The van der Waals surface area contributed by atoms with Crippen molar-refractivity contribution in [1.29, 1.82) is 0 Å². The summed E-state index contributed by atoms with van der Waals surface area (Å²) in [6.07, 6.45) is 2.47.